The van der Waals surface area contributed by atoms with Crippen LogP contribution in [-0.4, -0.2) is 70.6 Å². The number of hydrogen-bond donors (Lipinski definition) is 1. The Hall–Kier alpha value is -0.910. The molecule has 1 aliphatic rings. The fraction of sp³-hybridized carbons (Fsp3) is 0.800. The van der Waals surface area contributed by atoms with Crippen LogP contribution in [0.3, 0.4) is 0 Å². The van der Waals surface area contributed by atoms with Crippen molar-refractivity contribution >= 4 is 0 Å². The van der Waals surface area contributed by atoms with E-state index in [9.17, 15) is 5.11 Å². The highest BCUT2D eigenvalue weighted by Crippen LogP contribution is 2.15. The van der Waals surface area contributed by atoms with Crippen molar-refractivity contribution in [2.75, 3.05) is 33.7 Å². The fourth-order valence-electron chi connectivity index (χ4n) is 3.01. The summed E-state index contributed by atoms with van der Waals surface area (Å²) in [4.78, 5) is 4.61. The number of aromatic nitrogens is 2. The number of likely N-dealkylation sites (N-methyl/N-ethyl adjacent to an activating group) is 2. The summed E-state index contributed by atoms with van der Waals surface area (Å²) in [6.07, 6.45) is 2.44. The minimum Gasteiger partial charge on any atom is -0.391 e. The SMILES string of the molecule is CCc1cc(CC(O)C2CN(C)CCCN2C)n(C)n1. The predicted molar refractivity (Wildman–Crippen MR) is 80.8 cm³/mol. The molecule has 0 radical (unpaired) electrons. The van der Waals surface area contributed by atoms with Crippen molar-refractivity contribution < 1.29 is 5.11 Å². The maximum Gasteiger partial charge on any atom is 0.0762 e. The number of aliphatic hydroxyl groups excluding tert-OH is 1. The van der Waals surface area contributed by atoms with Gasteiger partial charge in [-0.15, -0.1) is 0 Å². The first-order valence-electron chi connectivity index (χ1n) is 7.60. The van der Waals surface area contributed by atoms with Gasteiger partial charge in [0.2, 0.25) is 0 Å². The molecule has 1 aromatic rings. The third-order valence-electron chi connectivity index (χ3n) is 4.37. The van der Waals surface area contributed by atoms with Crippen molar-refractivity contribution in [1.29, 1.82) is 0 Å². The van der Waals surface area contributed by atoms with Gasteiger partial charge in [0.15, 0.2) is 0 Å². The molecule has 5 heteroatoms. The third-order valence-corrected chi connectivity index (χ3v) is 4.37. The minimum atomic E-state index is -0.347. The van der Waals surface area contributed by atoms with E-state index in [1.807, 2.05) is 11.7 Å². The third kappa shape index (κ3) is 3.59. The van der Waals surface area contributed by atoms with Gasteiger partial charge in [-0.25, -0.2) is 0 Å². The zero-order chi connectivity index (χ0) is 14.7. The molecule has 0 amide bonds. The Bertz CT molecular complexity index is 432. The summed E-state index contributed by atoms with van der Waals surface area (Å²) in [5.74, 6) is 0. The fourth-order valence-corrected chi connectivity index (χ4v) is 3.01. The monoisotopic (exact) mass is 280 g/mol. The van der Waals surface area contributed by atoms with Crippen LogP contribution >= 0.6 is 0 Å². The molecule has 1 aromatic heterocycles. The van der Waals surface area contributed by atoms with Crippen molar-refractivity contribution in [2.24, 2.45) is 7.05 Å². The number of nitrogens with zero attached hydrogens (tertiary/aromatic N) is 4. The van der Waals surface area contributed by atoms with Gasteiger partial charge in [-0.2, -0.15) is 5.10 Å². The molecule has 0 saturated carbocycles. The molecule has 0 spiro atoms. The zero-order valence-electron chi connectivity index (χ0n) is 13.2. The summed E-state index contributed by atoms with van der Waals surface area (Å²) in [5.41, 5.74) is 2.22. The van der Waals surface area contributed by atoms with Gasteiger partial charge in [-0.05, 0) is 46.1 Å². The van der Waals surface area contributed by atoms with E-state index in [0.29, 0.717) is 6.42 Å². The van der Waals surface area contributed by atoms with Crippen LogP contribution in [0.2, 0.25) is 0 Å². The largest absolute Gasteiger partial charge is 0.391 e. The van der Waals surface area contributed by atoms with E-state index in [1.54, 1.807) is 0 Å². The summed E-state index contributed by atoms with van der Waals surface area (Å²) < 4.78 is 1.91. The average Bonchev–Trinajstić information content (AvgIpc) is 2.66. The molecule has 5 nitrogen and oxygen atoms in total. The summed E-state index contributed by atoms with van der Waals surface area (Å²) in [6.45, 7) is 5.20. The Labute approximate surface area is 122 Å². The van der Waals surface area contributed by atoms with Gasteiger partial charge < -0.3 is 10.0 Å². The Morgan fingerprint density at radius 2 is 2.10 bits per heavy atom. The van der Waals surface area contributed by atoms with Crippen molar-refractivity contribution in [3.63, 3.8) is 0 Å². The second-order valence-corrected chi connectivity index (χ2v) is 6.04. The predicted octanol–water partition coefficient (Wildman–Crippen LogP) is 0.522. The molecule has 1 fully saturated rings. The molecule has 0 aromatic carbocycles. The molecule has 1 saturated heterocycles. The number of rotatable bonds is 4. The van der Waals surface area contributed by atoms with E-state index in [0.717, 1.165) is 37.4 Å². The van der Waals surface area contributed by atoms with Gasteiger partial charge in [-0.3, -0.25) is 9.58 Å². The van der Waals surface area contributed by atoms with Crippen LogP contribution in [-0.2, 0) is 19.9 Å². The number of hydrogen-bond acceptors (Lipinski definition) is 4. The lowest BCUT2D eigenvalue weighted by molar-refractivity contribution is 0.0569. The quantitative estimate of drug-likeness (QED) is 0.873. The normalized spacial score (nSPS) is 23.8. The molecule has 2 heterocycles. The molecule has 2 unspecified atom stereocenters. The molecule has 1 aliphatic heterocycles. The van der Waals surface area contributed by atoms with E-state index in [1.165, 1.54) is 6.42 Å². The summed E-state index contributed by atoms with van der Waals surface area (Å²) in [7, 11) is 6.22. The smallest absolute Gasteiger partial charge is 0.0762 e. The first-order valence-corrected chi connectivity index (χ1v) is 7.60. The number of aryl methyl sites for hydroxylation is 2. The van der Waals surface area contributed by atoms with Gasteiger partial charge in [0.1, 0.15) is 0 Å². The van der Waals surface area contributed by atoms with Crippen LogP contribution in [0.15, 0.2) is 6.07 Å². The maximum absolute atomic E-state index is 10.6. The molecule has 0 bridgehead atoms. The summed E-state index contributed by atoms with van der Waals surface area (Å²) >= 11 is 0. The minimum absolute atomic E-state index is 0.197. The standard InChI is InChI=1S/C15H28N4O/c1-5-12-9-13(19(4)16-12)10-15(20)14-11-17(2)7-6-8-18(14)3/h9,14-15,20H,5-8,10-11H2,1-4H3. The van der Waals surface area contributed by atoms with Crippen LogP contribution in [0.4, 0.5) is 0 Å². The van der Waals surface area contributed by atoms with E-state index >= 15 is 0 Å². The maximum atomic E-state index is 10.6. The van der Waals surface area contributed by atoms with E-state index < -0.39 is 0 Å². The van der Waals surface area contributed by atoms with E-state index in [-0.39, 0.29) is 12.1 Å². The van der Waals surface area contributed by atoms with Gasteiger partial charge >= 0.3 is 0 Å². The highest BCUT2D eigenvalue weighted by atomic mass is 16.3. The van der Waals surface area contributed by atoms with E-state index in [2.05, 4.69) is 42.0 Å². The van der Waals surface area contributed by atoms with Gasteiger partial charge in [-0.1, -0.05) is 6.92 Å². The molecule has 114 valence electrons. The molecular formula is C15H28N4O. The lowest BCUT2D eigenvalue weighted by Gasteiger charge is -2.31. The zero-order valence-corrected chi connectivity index (χ0v) is 13.2. The van der Waals surface area contributed by atoms with Crippen LogP contribution in [0.5, 0.6) is 0 Å². The summed E-state index contributed by atoms with van der Waals surface area (Å²) in [6, 6.07) is 2.31. The van der Waals surface area contributed by atoms with E-state index in [4.69, 9.17) is 0 Å². The first-order chi connectivity index (χ1) is 9.51. The highest BCUT2D eigenvalue weighted by molar-refractivity contribution is 5.11. The number of aliphatic hydroxyl groups is 1. The van der Waals surface area contributed by atoms with Crippen LogP contribution in [0.25, 0.3) is 0 Å². The van der Waals surface area contributed by atoms with Gasteiger partial charge in [0.05, 0.1) is 11.8 Å². The molecule has 1 N–H and O–H groups in total. The lowest BCUT2D eigenvalue weighted by atomic mass is 10.0. The molecule has 0 aliphatic carbocycles. The van der Waals surface area contributed by atoms with Crippen LogP contribution < -0.4 is 0 Å². The van der Waals surface area contributed by atoms with Crippen LogP contribution in [0.1, 0.15) is 24.7 Å². The van der Waals surface area contributed by atoms with Crippen molar-refractivity contribution in [2.45, 2.75) is 38.3 Å². The highest BCUT2D eigenvalue weighted by Gasteiger charge is 2.27. The molecule has 20 heavy (non-hydrogen) atoms. The second kappa shape index (κ2) is 6.70. The van der Waals surface area contributed by atoms with Crippen LogP contribution in [0, 0.1) is 0 Å². The Balaban J connectivity index is 2.05. The van der Waals surface area contributed by atoms with Crippen molar-refractivity contribution in [3.05, 3.63) is 17.5 Å². The molecule has 2 rings (SSSR count). The Kier molecular flexibility index (Phi) is 5.18. The Morgan fingerprint density at radius 1 is 1.35 bits per heavy atom. The van der Waals surface area contributed by atoms with Gasteiger partial charge in [0.25, 0.3) is 0 Å². The molecule has 2 atom stereocenters. The lowest BCUT2D eigenvalue weighted by Crippen LogP contribution is -2.47. The Morgan fingerprint density at radius 3 is 2.75 bits per heavy atom. The topological polar surface area (TPSA) is 44.5 Å². The average molecular weight is 280 g/mol. The summed E-state index contributed by atoms with van der Waals surface area (Å²) in [5, 5.41) is 15.1. The second-order valence-electron chi connectivity index (χ2n) is 6.04. The van der Waals surface area contributed by atoms with Gasteiger partial charge in [0, 0.05) is 31.7 Å². The first kappa shape index (κ1) is 15.5. The van der Waals surface area contributed by atoms with Crippen molar-refractivity contribution in [1.82, 2.24) is 19.6 Å². The molecular weight excluding hydrogens is 252 g/mol. The van der Waals surface area contributed by atoms with Crippen molar-refractivity contribution in [3.8, 4) is 0 Å².